The lowest BCUT2D eigenvalue weighted by molar-refractivity contribution is 0.0856. The molecule has 1 saturated heterocycles. The van der Waals surface area contributed by atoms with Gasteiger partial charge in [0.2, 0.25) is 0 Å². The highest BCUT2D eigenvalue weighted by atomic mass is 16.6. The number of pyridine rings is 1. The van der Waals surface area contributed by atoms with Gasteiger partial charge >= 0.3 is 6.09 Å². The van der Waals surface area contributed by atoms with Crippen LogP contribution in [0.2, 0.25) is 0 Å². The monoisotopic (exact) mass is 348 g/mol. The zero-order chi connectivity index (χ0) is 18.1. The van der Waals surface area contributed by atoms with Crippen LogP contribution in [0.25, 0.3) is 0 Å². The predicted octanol–water partition coefficient (Wildman–Crippen LogP) is 2.64. The molecule has 0 unspecified atom stereocenters. The maximum Gasteiger partial charge on any atom is 0.409 e. The zero-order valence-electron chi connectivity index (χ0n) is 15.1. The smallest absolute Gasteiger partial charge is 0.409 e. The first-order valence-corrected chi connectivity index (χ1v) is 9.06. The highest BCUT2D eigenvalue weighted by Crippen LogP contribution is 2.13. The summed E-state index contributed by atoms with van der Waals surface area (Å²) in [7, 11) is 0. The van der Waals surface area contributed by atoms with E-state index in [-0.39, 0.29) is 18.0 Å². The number of piperidine rings is 1. The average molecular weight is 348 g/mol. The maximum absolute atomic E-state index is 12.4. The Hall–Kier alpha value is -2.31. The molecule has 2 heterocycles. The molecule has 0 bridgehead atoms. The fraction of sp³-hybridized carbons (Fsp3) is 0.611. The lowest BCUT2D eigenvalue weighted by Crippen LogP contribution is -2.46. The molecule has 1 aromatic rings. The van der Waals surface area contributed by atoms with Gasteiger partial charge in [-0.3, -0.25) is 9.78 Å². The Morgan fingerprint density at radius 3 is 2.76 bits per heavy atom. The molecule has 1 aromatic heterocycles. The molecule has 7 nitrogen and oxygen atoms in total. The van der Waals surface area contributed by atoms with Crippen molar-refractivity contribution in [3.05, 3.63) is 24.0 Å². The Kier molecular flexibility index (Phi) is 7.50. The number of rotatable bonds is 7. The van der Waals surface area contributed by atoms with Gasteiger partial charge in [-0.2, -0.15) is 0 Å². The Labute approximate surface area is 149 Å². The third-order valence-electron chi connectivity index (χ3n) is 4.21. The van der Waals surface area contributed by atoms with Crippen LogP contribution in [0.3, 0.4) is 0 Å². The number of aromatic nitrogens is 1. The Balaban J connectivity index is 1.82. The van der Waals surface area contributed by atoms with Crippen molar-refractivity contribution in [2.75, 3.05) is 31.6 Å². The van der Waals surface area contributed by atoms with E-state index in [1.807, 2.05) is 6.07 Å². The molecule has 2 N–H and O–H groups in total. The molecule has 138 valence electrons. The highest BCUT2D eigenvalue weighted by molar-refractivity contribution is 5.93. The van der Waals surface area contributed by atoms with E-state index in [9.17, 15) is 9.59 Å². The molecular weight excluding hydrogens is 320 g/mol. The normalized spacial score (nSPS) is 14.9. The van der Waals surface area contributed by atoms with Gasteiger partial charge in [-0.05, 0) is 38.3 Å². The lowest BCUT2D eigenvalue weighted by atomic mass is 10.1. The van der Waals surface area contributed by atoms with Gasteiger partial charge in [0.25, 0.3) is 5.91 Å². The number of hydrogen-bond donors (Lipinski definition) is 2. The van der Waals surface area contributed by atoms with Crippen LogP contribution in [-0.4, -0.2) is 54.2 Å². The number of hydrogen-bond acceptors (Lipinski definition) is 5. The second-order valence-corrected chi connectivity index (χ2v) is 6.14. The number of ether oxygens (including phenoxy) is 1. The molecule has 2 rings (SSSR count). The minimum atomic E-state index is -0.278. The van der Waals surface area contributed by atoms with Gasteiger partial charge < -0.3 is 20.3 Å². The highest BCUT2D eigenvalue weighted by Gasteiger charge is 2.25. The zero-order valence-corrected chi connectivity index (χ0v) is 15.1. The van der Waals surface area contributed by atoms with E-state index in [4.69, 9.17) is 4.74 Å². The third-order valence-corrected chi connectivity index (χ3v) is 4.21. The summed E-state index contributed by atoms with van der Waals surface area (Å²) in [6.07, 6.45) is 5.02. The van der Waals surface area contributed by atoms with Gasteiger partial charge in [0.1, 0.15) is 5.69 Å². The summed E-state index contributed by atoms with van der Waals surface area (Å²) in [6.45, 7) is 6.38. The minimum Gasteiger partial charge on any atom is -0.450 e. The number of nitrogens with zero attached hydrogens (tertiary/aromatic N) is 2. The SMILES string of the molecule is CCCCNc1ccnc(C(=O)NC2CCN(C(=O)OCC)CC2)c1. The lowest BCUT2D eigenvalue weighted by Gasteiger charge is -2.31. The van der Waals surface area contributed by atoms with Crippen LogP contribution in [-0.2, 0) is 4.74 Å². The molecule has 0 radical (unpaired) electrons. The van der Waals surface area contributed by atoms with Gasteiger partial charge in [0, 0.05) is 37.6 Å². The molecule has 0 aromatic carbocycles. The second-order valence-electron chi connectivity index (χ2n) is 6.14. The van der Waals surface area contributed by atoms with Crippen molar-refractivity contribution in [1.82, 2.24) is 15.2 Å². The molecule has 1 aliphatic rings. The number of unbranched alkanes of at least 4 members (excludes halogenated alkanes) is 1. The van der Waals surface area contributed by atoms with E-state index in [1.165, 1.54) is 0 Å². The number of anilines is 1. The van der Waals surface area contributed by atoms with Crippen molar-refractivity contribution in [3.63, 3.8) is 0 Å². The van der Waals surface area contributed by atoms with Crippen molar-refractivity contribution >= 4 is 17.7 Å². The van der Waals surface area contributed by atoms with Crippen LogP contribution in [0.1, 0.15) is 50.0 Å². The summed E-state index contributed by atoms with van der Waals surface area (Å²) in [5, 5.41) is 6.31. The fourth-order valence-corrected chi connectivity index (χ4v) is 2.75. The van der Waals surface area contributed by atoms with E-state index in [2.05, 4.69) is 22.5 Å². The molecule has 0 atom stereocenters. The molecular formula is C18H28N4O3. The van der Waals surface area contributed by atoms with Gasteiger partial charge in [0.05, 0.1) is 6.61 Å². The number of carbonyl (C=O) groups excluding carboxylic acids is 2. The molecule has 1 aliphatic heterocycles. The van der Waals surface area contributed by atoms with E-state index in [0.29, 0.717) is 25.4 Å². The first-order chi connectivity index (χ1) is 12.1. The van der Waals surface area contributed by atoms with Crippen LogP contribution in [0, 0.1) is 0 Å². The van der Waals surface area contributed by atoms with Crippen molar-refractivity contribution in [1.29, 1.82) is 0 Å². The van der Waals surface area contributed by atoms with Crippen molar-refractivity contribution < 1.29 is 14.3 Å². The molecule has 25 heavy (non-hydrogen) atoms. The molecule has 0 spiro atoms. The third kappa shape index (κ3) is 5.92. The quantitative estimate of drug-likeness (QED) is 0.740. The van der Waals surface area contributed by atoms with Crippen LogP contribution < -0.4 is 10.6 Å². The number of nitrogens with one attached hydrogen (secondary N) is 2. The van der Waals surface area contributed by atoms with Gasteiger partial charge in [0.15, 0.2) is 0 Å². The minimum absolute atomic E-state index is 0.0525. The molecule has 0 aliphatic carbocycles. The molecule has 0 saturated carbocycles. The van der Waals surface area contributed by atoms with Gasteiger partial charge in [-0.1, -0.05) is 13.3 Å². The second kappa shape index (κ2) is 9.86. The summed E-state index contributed by atoms with van der Waals surface area (Å²) < 4.78 is 5.00. The summed E-state index contributed by atoms with van der Waals surface area (Å²) in [5.74, 6) is -0.172. The van der Waals surface area contributed by atoms with Crippen LogP contribution in [0.15, 0.2) is 18.3 Å². The molecule has 7 heteroatoms. The first kappa shape index (κ1) is 19.0. The van der Waals surface area contributed by atoms with Crippen molar-refractivity contribution in [2.45, 2.75) is 45.6 Å². The van der Waals surface area contributed by atoms with Crippen LogP contribution in [0.5, 0.6) is 0 Å². The standard InChI is InChI=1S/C18H28N4O3/c1-3-5-9-19-15-6-10-20-16(13-15)17(23)21-14-7-11-22(12-8-14)18(24)25-4-2/h6,10,13-14H,3-5,7-9,11-12H2,1-2H3,(H,19,20)(H,21,23). The van der Waals surface area contributed by atoms with Crippen molar-refractivity contribution in [2.24, 2.45) is 0 Å². The largest absolute Gasteiger partial charge is 0.450 e. The van der Waals surface area contributed by atoms with E-state index < -0.39 is 0 Å². The first-order valence-electron chi connectivity index (χ1n) is 9.06. The van der Waals surface area contributed by atoms with E-state index in [1.54, 1.807) is 24.1 Å². The molecule has 2 amide bonds. The van der Waals surface area contributed by atoms with E-state index >= 15 is 0 Å². The van der Waals surface area contributed by atoms with Crippen molar-refractivity contribution in [3.8, 4) is 0 Å². The van der Waals surface area contributed by atoms with Crippen LogP contribution in [0.4, 0.5) is 10.5 Å². The number of likely N-dealkylation sites (tertiary alicyclic amines) is 1. The van der Waals surface area contributed by atoms with Gasteiger partial charge in [-0.15, -0.1) is 0 Å². The summed E-state index contributed by atoms with van der Waals surface area (Å²) in [6, 6.07) is 3.69. The Morgan fingerprint density at radius 2 is 2.08 bits per heavy atom. The fourth-order valence-electron chi connectivity index (χ4n) is 2.75. The maximum atomic E-state index is 12.4. The number of carbonyl (C=O) groups is 2. The molecule has 1 fully saturated rings. The summed E-state index contributed by atoms with van der Waals surface area (Å²) in [4.78, 5) is 29.9. The van der Waals surface area contributed by atoms with Crippen LogP contribution >= 0.6 is 0 Å². The predicted molar refractivity (Wildman–Crippen MR) is 96.7 cm³/mol. The van der Waals surface area contributed by atoms with E-state index in [0.717, 1.165) is 37.9 Å². The average Bonchev–Trinajstić information content (AvgIpc) is 2.63. The Morgan fingerprint density at radius 1 is 1.32 bits per heavy atom. The summed E-state index contributed by atoms with van der Waals surface area (Å²) in [5.41, 5.74) is 1.32. The Bertz CT molecular complexity index is 571. The van der Waals surface area contributed by atoms with Gasteiger partial charge in [-0.25, -0.2) is 4.79 Å². The number of amides is 2. The summed E-state index contributed by atoms with van der Waals surface area (Å²) >= 11 is 0. The topological polar surface area (TPSA) is 83.6 Å².